The van der Waals surface area contributed by atoms with Crippen LogP contribution in [0.25, 0.3) is 0 Å². The van der Waals surface area contributed by atoms with E-state index in [0.29, 0.717) is 18.8 Å². The fraction of sp³-hybridized carbons (Fsp3) is 0.500. The Morgan fingerprint density at radius 3 is 2.67 bits per heavy atom. The summed E-state index contributed by atoms with van der Waals surface area (Å²) >= 11 is 0. The van der Waals surface area contributed by atoms with Crippen LogP contribution in [0.15, 0.2) is 12.2 Å². The first-order valence-corrected chi connectivity index (χ1v) is 3.35. The van der Waals surface area contributed by atoms with Gasteiger partial charge in [0, 0.05) is 5.57 Å². The number of rotatable bonds is 3. The van der Waals surface area contributed by atoms with Crippen LogP contribution >= 0.6 is 0 Å². The average molecular weight is 170 g/mol. The number of hydrogen-bond donors (Lipinski definition) is 0. The molecule has 1 rings (SSSR count). The molecular formula is C8H10O4. The van der Waals surface area contributed by atoms with Crippen molar-refractivity contribution in [1.29, 1.82) is 0 Å². The Balaban J connectivity index is 0.000000561. The number of hydrogen-bond acceptors (Lipinski definition) is 3. The molecule has 0 aliphatic carbocycles. The van der Waals surface area contributed by atoms with Gasteiger partial charge < -0.3 is 9.47 Å². The Hall–Kier alpha value is -1.09. The molecule has 0 aromatic heterocycles. The third-order valence-electron chi connectivity index (χ3n) is 1.15. The van der Waals surface area contributed by atoms with Gasteiger partial charge in [-0.2, -0.15) is 0 Å². The minimum absolute atomic E-state index is 0.142. The van der Waals surface area contributed by atoms with Crippen molar-refractivity contribution in [3.8, 4) is 0 Å². The third-order valence-corrected chi connectivity index (χ3v) is 1.15. The Morgan fingerprint density at radius 1 is 1.83 bits per heavy atom. The molecule has 1 aliphatic rings. The first-order chi connectivity index (χ1) is 5.70. The van der Waals surface area contributed by atoms with Gasteiger partial charge in [-0.05, 0) is 6.92 Å². The first kappa shape index (κ1) is 10.9. The van der Waals surface area contributed by atoms with E-state index in [9.17, 15) is 4.79 Å². The zero-order valence-electron chi connectivity index (χ0n) is 6.83. The number of esters is 1. The van der Waals surface area contributed by atoms with Crippen LogP contribution in [0.2, 0.25) is 0 Å². The molecule has 0 bridgehead atoms. The van der Waals surface area contributed by atoms with Gasteiger partial charge in [0.1, 0.15) is 12.7 Å². The van der Waals surface area contributed by atoms with Gasteiger partial charge in [0.15, 0.2) is 0 Å². The van der Waals surface area contributed by atoms with Crippen molar-refractivity contribution in [2.45, 2.75) is 13.0 Å². The van der Waals surface area contributed by atoms with Gasteiger partial charge in [-0.25, -0.2) is 4.79 Å². The van der Waals surface area contributed by atoms with E-state index in [1.165, 1.54) is 0 Å². The van der Waals surface area contributed by atoms with Gasteiger partial charge in [0.05, 0.1) is 6.61 Å². The molecule has 4 nitrogen and oxygen atoms in total. The molecule has 1 fully saturated rings. The summed E-state index contributed by atoms with van der Waals surface area (Å²) in [6.07, 6.45) is 0.142. The van der Waals surface area contributed by atoms with E-state index >= 15 is 0 Å². The summed E-state index contributed by atoms with van der Waals surface area (Å²) in [5.41, 5.74) is 0.431. The van der Waals surface area contributed by atoms with Crippen LogP contribution < -0.4 is 0 Å². The number of epoxide rings is 1. The van der Waals surface area contributed by atoms with Gasteiger partial charge in [-0.3, -0.25) is 0 Å². The van der Waals surface area contributed by atoms with E-state index in [4.69, 9.17) is 14.1 Å². The molecule has 66 valence electrons. The monoisotopic (exact) mass is 170 g/mol. The number of carbonyl (C=O) groups excluding carboxylic acids is 1. The van der Waals surface area contributed by atoms with E-state index in [2.05, 4.69) is 13.2 Å². The molecule has 1 unspecified atom stereocenters. The summed E-state index contributed by atoms with van der Waals surface area (Å²) in [7, 11) is 0. The quantitative estimate of drug-likeness (QED) is 0.203. The SMILES string of the molecule is C=C(C)C(=O)OCC1CO1.[C-]#[O+]. The van der Waals surface area contributed by atoms with Crippen molar-refractivity contribution >= 4 is 5.97 Å². The summed E-state index contributed by atoms with van der Waals surface area (Å²) in [4.78, 5) is 10.7. The molecular weight excluding hydrogens is 160 g/mol. The van der Waals surface area contributed by atoms with Crippen molar-refractivity contribution in [3.05, 3.63) is 18.8 Å². The van der Waals surface area contributed by atoms with Gasteiger partial charge in [0.2, 0.25) is 0 Å². The second-order valence-corrected chi connectivity index (χ2v) is 2.33. The molecule has 0 aromatic rings. The summed E-state index contributed by atoms with van der Waals surface area (Å²) < 4.78 is 17.1. The third kappa shape index (κ3) is 4.68. The molecule has 0 radical (unpaired) electrons. The summed E-state index contributed by atoms with van der Waals surface area (Å²) in [5.74, 6) is -0.337. The Bertz CT molecular complexity index is 190. The molecule has 1 saturated heterocycles. The van der Waals surface area contributed by atoms with E-state index in [1.807, 2.05) is 0 Å². The van der Waals surface area contributed by atoms with Crippen molar-refractivity contribution in [2.24, 2.45) is 0 Å². The second-order valence-electron chi connectivity index (χ2n) is 2.33. The van der Waals surface area contributed by atoms with Gasteiger partial charge >= 0.3 is 17.3 Å². The molecule has 0 saturated carbocycles. The van der Waals surface area contributed by atoms with Crippen LogP contribution in [0.5, 0.6) is 0 Å². The van der Waals surface area contributed by atoms with Crippen molar-refractivity contribution in [2.75, 3.05) is 13.2 Å². The predicted molar refractivity (Wildman–Crippen MR) is 39.4 cm³/mol. The van der Waals surface area contributed by atoms with Gasteiger partial charge in [-0.15, -0.1) is 0 Å². The Morgan fingerprint density at radius 2 is 2.33 bits per heavy atom. The Kier molecular flexibility index (Phi) is 5.04. The van der Waals surface area contributed by atoms with Crippen LogP contribution in [0.1, 0.15) is 6.92 Å². The fourth-order valence-electron chi connectivity index (χ4n) is 0.456. The topological polar surface area (TPSA) is 58.7 Å². The number of carbonyl (C=O) groups is 1. The molecule has 1 heterocycles. The minimum atomic E-state index is -0.337. The van der Waals surface area contributed by atoms with Gasteiger partial charge in [-0.1, -0.05) is 6.58 Å². The van der Waals surface area contributed by atoms with Crippen molar-refractivity contribution in [1.82, 2.24) is 0 Å². The van der Waals surface area contributed by atoms with Crippen LogP contribution in [0, 0.1) is 6.65 Å². The van der Waals surface area contributed by atoms with Crippen LogP contribution in [0.4, 0.5) is 0 Å². The molecule has 12 heavy (non-hydrogen) atoms. The van der Waals surface area contributed by atoms with E-state index in [-0.39, 0.29) is 12.1 Å². The van der Waals surface area contributed by atoms with E-state index < -0.39 is 0 Å². The average Bonchev–Trinajstić information content (AvgIpc) is 2.87. The number of ether oxygens (including phenoxy) is 2. The molecule has 1 atom stereocenters. The van der Waals surface area contributed by atoms with Crippen molar-refractivity contribution < 1.29 is 18.9 Å². The zero-order valence-corrected chi connectivity index (χ0v) is 6.83. The van der Waals surface area contributed by atoms with Crippen LogP contribution in [-0.2, 0) is 18.9 Å². The summed E-state index contributed by atoms with van der Waals surface area (Å²) in [6.45, 7) is 10.6. The van der Waals surface area contributed by atoms with Crippen LogP contribution in [0.3, 0.4) is 0 Å². The standard InChI is InChI=1S/C7H10O3.CO/c1-5(2)7(8)10-4-6-3-9-6;1-2/h6H,1,3-4H2,2H3;. The molecule has 0 N–H and O–H groups in total. The summed E-state index contributed by atoms with van der Waals surface area (Å²) in [6, 6.07) is 0. The molecule has 0 spiro atoms. The maximum absolute atomic E-state index is 10.7. The molecule has 0 aromatic carbocycles. The molecule has 4 heteroatoms. The molecule has 0 amide bonds. The van der Waals surface area contributed by atoms with E-state index in [1.54, 1.807) is 6.92 Å². The summed E-state index contributed by atoms with van der Waals surface area (Å²) in [5, 5.41) is 0. The molecule has 1 aliphatic heterocycles. The predicted octanol–water partition coefficient (Wildman–Crippen LogP) is 0.467. The first-order valence-electron chi connectivity index (χ1n) is 3.35. The second kappa shape index (κ2) is 5.55. The maximum atomic E-state index is 10.7. The zero-order chi connectivity index (χ0) is 9.56. The van der Waals surface area contributed by atoms with Crippen LogP contribution in [-0.4, -0.2) is 25.3 Å². The van der Waals surface area contributed by atoms with Crippen molar-refractivity contribution in [3.63, 3.8) is 0 Å². The normalized spacial score (nSPS) is 18.4. The van der Waals surface area contributed by atoms with Gasteiger partial charge in [0.25, 0.3) is 0 Å². The Labute approximate surface area is 70.9 Å². The van der Waals surface area contributed by atoms with E-state index in [0.717, 1.165) is 0 Å². The fourth-order valence-corrected chi connectivity index (χ4v) is 0.456.